The minimum absolute atomic E-state index is 0.0230. The molecule has 0 spiro atoms. The quantitative estimate of drug-likeness (QED) is 0.462. The summed E-state index contributed by atoms with van der Waals surface area (Å²) in [4.78, 5) is 16.1. The van der Waals surface area contributed by atoms with Crippen molar-refractivity contribution < 1.29 is 13.2 Å². The molecule has 0 saturated heterocycles. The summed E-state index contributed by atoms with van der Waals surface area (Å²) in [6.45, 7) is 0. The van der Waals surface area contributed by atoms with Crippen molar-refractivity contribution in [2.45, 2.75) is 16.1 Å². The van der Waals surface area contributed by atoms with Gasteiger partial charge in [-0.05, 0) is 42.3 Å². The number of halogens is 1. The van der Waals surface area contributed by atoms with Crippen LogP contribution in [-0.2, 0) is 14.8 Å². The van der Waals surface area contributed by atoms with Crippen LogP contribution in [0, 0.1) is 0 Å². The summed E-state index contributed by atoms with van der Waals surface area (Å²) in [7, 11) is -3.79. The zero-order chi connectivity index (χ0) is 19.3. The molecule has 0 bridgehead atoms. The number of carbonyl (C=O) groups excluding carboxylic acids is 1. The molecule has 1 atom stereocenters. The smallest absolute Gasteiger partial charge is 0.264 e. The summed E-state index contributed by atoms with van der Waals surface area (Å²) >= 11 is 3.49. The van der Waals surface area contributed by atoms with Crippen LogP contribution in [0.25, 0.3) is 0 Å². The van der Waals surface area contributed by atoms with Crippen LogP contribution >= 0.6 is 15.9 Å². The summed E-state index contributed by atoms with van der Waals surface area (Å²) in [5.74, 6) is -0.282. The lowest BCUT2D eigenvalue weighted by Crippen LogP contribution is -2.14. The second-order valence-corrected chi connectivity index (χ2v) is 8.46. The Kier molecular flexibility index (Phi) is 5.87. The van der Waals surface area contributed by atoms with Gasteiger partial charge in [0.2, 0.25) is 11.9 Å². The number of anilines is 2. The molecule has 10 heteroatoms. The van der Waals surface area contributed by atoms with Crippen molar-refractivity contribution in [1.29, 1.82) is 0 Å². The van der Waals surface area contributed by atoms with Crippen LogP contribution in [0.1, 0.15) is 6.42 Å². The van der Waals surface area contributed by atoms with E-state index in [9.17, 15) is 13.2 Å². The van der Waals surface area contributed by atoms with Gasteiger partial charge in [-0.2, -0.15) is 10.1 Å². The maximum Gasteiger partial charge on any atom is 0.264 e. The van der Waals surface area contributed by atoms with Crippen LogP contribution in [0.5, 0.6) is 0 Å². The highest BCUT2D eigenvalue weighted by molar-refractivity contribution is 9.09. The van der Waals surface area contributed by atoms with E-state index in [-0.39, 0.29) is 16.8 Å². The number of allylic oxidation sites excluding steroid dienone is 5. The largest absolute Gasteiger partial charge is 0.323 e. The Labute approximate surface area is 164 Å². The van der Waals surface area contributed by atoms with E-state index in [4.69, 9.17) is 0 Å². The average Bonchev–Trinajstić information content (AvgIpc) is 3.14. The predicted octanol–water partition coefficient (Wildman–Crippen LogP) is 2.75. The van der Waals surface area contributed by atoms with Crippen molar-refractivity contribution in [3.05, 3.63) is 66.5 Å². The third kappa shape index (κ3) is 5.38. The second kappa shape index (κ2) is 8.31. The van der Waals surface area contributed by atoms with E-state index < -0.39 is 10.0 Å². The van der Waals surface area contributed by atoms with Crippen LogP contribution in [0.4, 0.5) is 11.6 Å². The summed E-state index contributed by atoms with van der Waals surface area (Å²) in [6.07, 6.45) is 11.2. The predicted molar refractivity (Wildman–Crippen MR) is 106 cm³/mol. The van der Waals surface area contributed by atoms with Crippen LogP contribution in [-0.4, -0.2) is 34.3 Å². The van der Waals surface area contributed by atoms with Gasteiger partial charge in [0.25, 0.3) is 10.0 Å². The molecule has 27 heavy (non-hydrogen) atoms. The number of aromatic nitrogens is 3. The van der Waals surface area contributed by atoms with Gasteiger partial charge in [-0.1, -0.05) is 34.2 Å². The van der Waals surface area contributed by atoms with E-state index in [0.717, 1.165) is 12.0 Å². The van der Waals surface area contributed by atoms with Gasteiger partial charge >= 0.3 is 0 Å². The topological polar surface area (TPSA) is 117 Å². The van der Waals surface area contributed by atoms with Gasteiger partial charge in [0, 0.05) is 16.6 Å². The molecule has 0 radical (unpaired) electrons. The Morgan fingerprint density at radius 1 is 1.30 bits per heavy atom. The Bertz CT molecular complexity index is 996. The molecular weight excluding hydrogens is 434 g/mol. The number of H-pyrrole nitrogens is 1. The molecule has 1 aromatic carbocycles. The molecule has 0 fully saturated rings. The first-order valence-corrected chi connectivity index (χ1v) is 10.3. The molecule has 1 heterocycles. The standard InChI is InChI=1S/C17H16BrN5O3S/c18-13-4-1-12(2-5-13)3-10-16(24)21-14-6-8-15(9-7-14)27(25,26)23-17-19-11-20-22-17/h1-4,6-11,13H,5H2,(H,21,24)(H2,19,20,22,23)/b10-3+. The number of amides is 1. The Morgan fingerprint density at radius 2 is 2.07 bits per heavy atom. The molecule has 1 aliphatic carbocycles. The number of sulfonamides is 1. The van der Waals surface area contributed by atoms with Gasteiger partial charge in [0.15, 0.2) is 0 Å². The molecule has 0 saturated carbocycles. The van der Waals surface area contributed by atoms with Gasteiger partial charge in [0.05, 0.1) is 4.90 Å². The Hall–Kier alpha value is -2.72. The highest BCUT2D eigenvalue weighted by Gasteiger charge is 2.15. The number of nitrogens with zero attached hydrogens (tertiary/aromatic N) is 2. The first-order valence-electron chi connectivity index (χ1n) is 7.92. The molecule has 1 aromatic heterocycles. The third-order valence-electron chi connectivity index (χ3n) is 3.58. The molecule has 0 aliphatic heterocycles. The van der Waals surface area contributed by atoms with E-state index in [0.29, 0.717) is 10.5 Å². The summed E-state index contributed by atoms with van der Waals surface area (Å²) < 4.78 is 26.7. The lowest BCUT2D eigenvalue weighted by molar-refractivity contribution is -0.111. The Morgan fingerprint density at radius 3 is 2.70 bits per heavy atom. The zero-order valence-electron chi connectivity index (χ0n) is 14.0. The van der Waals surface area contributed by atoms with Gasteiger partial charge in [-0.25, -0.2) is 18.2 Å². The summed E-state index contributed by atoms with van der Waals surface area (Å²) in [5.41, 5.74) is 1.44. The molecule has 1 aliphatic rings. The van der Waals surface area contributed by atoms with Crippen molar-refractivity contribution in [3.8, 4) is 0 Å². The second-order valence-electron chi connectivity index (χ2n) is 5.60. The first-order chi connectivity index (χ1) is 12.9. The molecule has 3 rings (SSSR count). The van der Waals surface area contributed by atoms with Crippen molar-refractivity contribution in [3.63, 3.8) is 0 Å². The highest BCUT2D eigenvalue weighted by atomic mass is 79.9. The molecule has 140 valence electrons. The van der Waals surface area contributed by atoms with E-state index in [2.05, 4.69) is 41.2 Å². The van der Waals surface area contributed by atoms with Crippen LogP contribution < -0.4 is 10.0 Å². The van der Waals surface area contributed by atoms with E-state index >= 15 is 0 Å². The number of hydrogen-bond acceptors (Lipinski definition) is 5. The lowest BCUT2D eigenvalue weighted by Gasteiger charge is -2.08. The number of hydrogen-bond donors (Lipinski definition) is 3. The van der Waals surface area contributed by atoms with Gasteiger partial charge in [-0.3, -0.25) is 4.79 Å². The minimum Gasteiger partial charge on any atom is -0.323 e. The fourth-order valence-corrected chi connectivity index (χ4v) is 3.55. The normalized spacial score (nSPS) is 16.9. The minimum atomic E-state index is -3.79. The molecule has 2 aromatic rings. The summed E-state index contributed by atoms with van der Waals surface area (Å²) in [6, 6.07) is 5.80. The summed E-state index contributed by atoms with van der Waals surface area (Å²) in [5, 5.41) is 8.67. The van der Waals surface area contributed by atoms with Crippen molar-refractivity contribution in [2.75, 3.05) is 10.0 Å². The number of nitrogens with one attached hydrogen (secondary N) is 3. The van der Waals surface area contributed by atoms with Gasteiger partial charge in [-0.15, -0.1) is 0 Å². The van der Waals surface area contributed by atoms with E-state index in [1.54, 1.807) is 6.08 Å². The van der Waals surface area contributed by atoms with Gasteiger partial charge in [0.1, 0.15) is 6.33 Å². The van der Waals surface area contributed by atoms with Crippen molar-refractivity contribution in [2.24, 2.45) is 0 Å². The van der Waals surface area contributed by atoms with Gasteiger partial charge < -0.3 is 5.32 Å². The fourth-order valence-electron chi connectivity index (χ4n) is 2.25. The maximum atomic E-state index is 12.2. The van der Waals surface area contributed by atoms with Crippen molar-refractivity contribution >= 4 is 43.5 Å². The molecular formula is C17H16BrN5O3S. The van der Waals surface area contributed by atoms with Crippen molar-refractivity contribution in [1.82, 2.24) is 15.2 Å². The number of alkyl halides is 1. The monoisotopic (exact) mass is 449 g/mol. The molecule has 1 amide bonds. The number of rotatable bonds is 6. The van der Waals surface area contributed by atoms with Crippen LogP contribution in [0.2, 0.25) is 0 Å². The maximum absolute atomic E-state index is 12.2. The fraction of sp³-hybridized carbons (Fsp3) is 0.118. The Balaban J connectivity index is 1.60. The average molecular weight is 450 g/mol. The SMILES string of the molecule is O=C(/C=C/C1=CCC(Br)C=C1)Nc1ccc(S(=O)(=O)Nc2ncn[nH]2)cc1. The lowest BCUT2D eigenvalue weighted by atomic mass is 10.1. The number of carbonyl (C=O) groups is 1. The van der Waals surface area contributed by atoms with E-state index in [1.807, 2.05) is 18.2 Å². The molecule has 1 unspecified atom stereocenters. The molecule has 8 nitrogen and oxygen atoms in total. The zero-order valence-corrected chi connectivity index (χ0v) is 16.4. The molecule has 3 N–H and O–H groups in total. The van der Waals surface area contributed by atoms with Crippen LogP contribution in [0.3, 0.4) is 0 Å². The first kappa shape index (κ1) is 19.1. The number of aromatic amines is 1. The highest BCUT2D eigenvalue weighted by Crippen LogP contribution is 2.18. The van der Waals surface area contributed by atoms with Crippen LogP contribution in [0.15, 0.2) is 71.4 Å². The van der Waals surface area contributed by atoms with E-state index in [1.165, 1.54) is 36.7 Å². The number of benzene rings is 1. The third-order valence-corrected chi connectivity index (χ3v) is 5.62.